The Kier molecular flexibility index (Phi) is 2.90. The molecular weight excluding hydrogens is 208 g/mol. The van der Waals surface area contributed by atoms with Crippen LogP contribution in [0.4, 0.5) is 11.5 Å². The first kappa shape index (κ1) is 10.3. The van der Waals surface area contributed by atoms with Crippen molar-refractivity contribution in [1.29, 1.82) is 0 Å². The molecule has 2 aromatic rings. The molecule has 0 saturated carbocycles. The highest BCUT2D eigenvalue weighted by Gasteiger charge is 2.07. The zero-order chi connectivity index (χ0) is 11.4. The number of H-pyrrole nitrogens is 1. The van der Waals surface area contributed by atoms with E-state index in [2.05, 4.69) is 15.5 Å². The van der Waals surface area contributed by atoms with Gasteiger partial charge < -0.3 is 15.5 Å². The Bertz CT molecular complexity index is 461. The topological polar surface area (TPSA) is 96.9 Å². The number of nitrogens with zero attached hydrogens (tertiary/aromatic N) is 1. The van der Waals surface area contributed by atoms with Gasteiger partial charge in [-0.25, -0.2) is 0 Å². The maximum atomic E-state index is 11.5. The normalized spacial score (nSPS) is 10.2. The summed E-state index contributed by atoms with van der Waals surface area (Å²) in [6.07, 6.45) is 3.93. The van der Waals surface area contributed by atoms with Crippen molar-refractivity contribution in [1.82, 2.24) is 10.2 Å². The average molecular weight is 220 g/mol. The van der Waals surface area contributed by atoms with Crippen molar-refractivity contribution in [2.24, 2.45) is 0 Å². The third-order valence-corrected chi connectivity index (χ3v) is 2.11. The molecule has 0 bridgehead atoms. The quantitative estimate of drug-likeness (QED) is 0.720. The predicted octanol–water partition coefficient (Wildman–Crippen LogP) is 1.16. The van der Waals surface area contributed by atoms with Crippen molar-refractivity contribution >= 4 is 17.4 Å². The van der Waals surface area contributed by atoms with E-state index in [-0.39, 0.29) is 5.91 Å². The number of anilines is 2. The minimum atomic E-state index is -0.132. The number of furan rings is 1. The molecule has 0 unspecified atom stereocenters. The standard InChI is InChI=1S/C10H12N4O2/c11-8-6-12-14-10(8)13-9(15)4-3-7-2-1-5-16-7/h1-2,5-6H,3-4,11H2,(H2,12,13,14,15). The molecule has 4 N–H and O–H groups in total. The predicted molar refractivity (Wildman–Crippen MR) is 58.7 cm³/mol. The van der Waals surface area contributed by atoms with Gasteiger partial charge in [0.1, 0.15) is 5.76 Å². The van der Waals surface area contributed by atoms with Gasteiger partial charge in [-0.05, 0) is 12.1 Å². The molecule has 2 heterocycles. The first-order chi connectivity index (χ1) is 7.75. The first-order valence-corrected chi connectivity index (χ1v) is 4.87. The van der Waals surface area contributed by atoms with Crippen LogP contribution < -0.4 is 11.1 Å². The van der Waals surface area contributed by atoms with Gasteiger partial charge >= 0.3 is 0 Å². The number of rotatable bonds is 4. The van der Waals surface area contributed by atoms with Gasteiger partial charge in [0.15, 0.2) is 5.82 Å². The molecule has 1 amide bonds. The zero-order valence-electron chi connectivity index (χ0n) is 8.56. The van der Waals surface area contributed by atoms with Gasteiger partial charge in [-0.15, -0.1) is 0 Å². The Labute approximate surface area is 91.8 Å². The smallest absolute Gasteiger partial charge is 0.226 e. The Morgan fingerprint density at radius 3 is 3.12 bits per heavy atom. The van der Waals surface area contributed by atoms with Gasteiger partial charge in [0.25, 0.3) is 0 Å². The van der Waals surface area contributed by atoms with Crippen molar-refractivity contribution < 1.29 is 9.21 Å². The second-order valence-electron chi connectivity index (χ2n) is 3.33. The number of amides is 1. The lowest BCUT2D eigenvalue weighted by atomic mass is 10.2. The van der Waals surface area contributed by atoms with E-state index in [9.17, 15) is 4.79 Å². The summed E-state index contributed by atoms with van der Waals surface area (Å²) in [5, 5.41) is 8.93. The Morgan fingerprint density at radius 1 is 1.62 bits per heavy atom. The van der Waals surface area contributed by atoms with Crippen LogP contribution in [0.5, 0.6) is 0 Å². The van der Waals surface area contributed by atoms with E-state index in [0.717, 1.165) is 5.76 Å². The molecule has 0 aromatic carbocycles. The van der Waals surface area contributed by atoms with Crippen LogP contribution in [0.25, 0.3) is 0 Å². The van der Waals surface area contributed by atoms with Crippen molar-refractivity contribution in [3.8, 4) is 0 Å². The molecule has 0 radical (unpaired) electrons. The number of nitrogen functional groups attached to an aromatic ring is 1. The number of nitrogens with two attached hydrogens (primary N) is 1. The van der Waals surface area contributed by atoms with Gasteiger partial charge in [-0.3, -0.25) is 9.89 Å². The average Bonchev–Trinajstić information content (AvgIpc) is 2.88. The fourth-order valence-corrected chi connectivity index (χ4v) is 1.29. The summed E-state index contributed by atoms with van der Waals surface area (Å²) in [7, 11) is 0. The number of hydrogen-bond acceptors (Lipinski definition) is 4. The van der Waals surface area contributed by atoms with Gasteiger partial charge in [-0.1, -0.05) is 0 Å². The summed E-state index contributed by atoms with van der Waals surface area (Å²) in [5.74, 6) is 1.09. The molecular formula is C10H12N4O2. The Morgan fingerprint density at radius 2 is 2.50 bits per heavy atom. The largest absolute Gasteiger partial charge is 0.469 e. The minimum absolute atomic E-state index is 0.132. The number of aryl methyl sites for hydroxylation is 1. The van der Waals surface area contributed by atoms with Gasteiger partial charge in [0.05, 0.1) is 18.1 Å². The second kappa shape index (κ2) is 4.52. The van der Waals surface area contributed by atoms with Crippen molar-refractivity contribution in [3.63, 3.8) is 0 Å². The molecule has 6 heteroatoms. The SMILES string of the molecule is Nc1cn[nH]c1NC(=O)CCc1ccco1. The van der Waals surface area contributed by atoms with E-state index in [0.29, 0.717) is 24.3 Å². The summed E-state index contributed by atoms with van der Waals surface area (Å²) in [4.78, 5) is 11.5. The summed E-state index contributed by atoms with van der Waals surface area (Å²) >= 11 is 0. The van der Waals surface area contributed by atoms with Crippen LogP contribution in [0.1, 0.15) is 12.2 Å². The van der Waals surface area contributed by atoms with E-state index in [1.54, 1.807) is 12.3 Å². The van der Waals surface area contributed by atoms with Crippen LogP contribution >= 0.6 is 0 Å². The number of hydrogen-bond donors (Lipinski definition) is 3. The molecule has 0 fully saturated rings. The van der Waals surface area contributed by atoms with Crippen LogP contribution in [0.3, 0.4) is 0 Å². The van der Waals surface area contributed by atoms with E-state index in [1.807, 2.05) is 6.07 Å². The first-order valence-electron chi connectivity index (χ1n) is 4.87. The summed E-state index contributed by atoms with van der Waals surface area (Å²) < 4.78 is 5.12. The molecule has 6 nitrogen and oxygen atoms in total. The van der Waals surface area contributed by atoms with Crippen LogP contribution in [0.15, 0.2) is 29.0 Å². The highest BCUT2D eigenvalue weighted by Crippen LogP contribution is 2.13. The molecule has 2 aromatic heterocycles. The van der Waals surface area contributed by atoms with Crippen molar-refractivity contribution in [3.05, 3.63) is 30.4 Å². The monoisotopic (exact) mass is 220 g/mol. The number of carbonyl (C=O) groups is 1. The lowest BCUT2D eigenvalue weighted by Gasteiger charge is -2.02. The molecule has 0 aliphatic carbocycles. The van der Waals surface area contributed by atoms with Gasteiger partial charge in [0.2, 0.25) is 5.91 Å². The Balaban J connectivity index is 1.83. The van der Waals surface area contributed by atoms with E-state index >= 15 is 0 Å². The molecule has 84 valence electrons. The maximum absolute atomic E-state index is 11.5. The fourth-order valence-electron chi connectivity index (χ4n) is 1.29. The van der Waals surface area contributed by atoms with E-state index < -0.39 is 0 Å². The zero-order valence-corrected chi connectivity index (χ0v) is 8.56. The van der Waals surface area contributed by atoms with Crippen LogP contribution in [0, 0.1) is 0 Å². The molecule has 16 heavy (non-hydrogen) atoms. The van der Waals surface area contributed by atoms with E-state index in [4.69, 9.17) is 10.2 Å². The molecule has 2 rings (SSSR count). The van der Waals surface area contributed by atoms with Crippen LogP contribution in [-0.4, -0.2) is 16.1 Å². The number of aromatic amines is 1. The summed E-state index contributed by atoms with van der Waals surface area (Å²) in [6.45, 7) is 0. The lowest BCUT2D eigenvalue weighted by Crippen LogP contribution is -2.13. The highest BCUT2D eigenvalue weighted by atomic mass is 16.3. The highest BCUT2D eigenvalue weighted by molar-refractivity contribution is 5.92. The van der Waals surface area contributed by atoms with Crippen molar-refractivity contribution in [2.75, 3.05) is 11.1 Å². The van der Waals surface area contributed by atoms with Gasteiger partial charge in [0, 0.05) is 12.8 Å². The van der Waals surface area contributed by atoms with E-state index in [1.165, 1.54) is 6.20 Å². The summed E-state index contributed by atoms with van der Waals surface area (Å²) in [6, 6.07) is 3.62. The number of nitrogens with one attached hydrogen (secondary N) is 2. The third kappa shape index (κ3) is 2.41. The second-order valence-corrected chi connectivity index (χ2v) is 3.33. The fraction of sp³-hybridized carbons (Fsp3) is 0.200. The number of carbonyl (C=O) groups excluding carboxylic acids is 1. The molecule has 0 spiro atoms. The molecule has 0 aliphatic rings. The third-order valence-electron chi connectivity index (χ3n) is 2.11. The van der Waals surface area contributed by atoms with Crippen LogP contribution in [-0.2, 0) is 11.2 Å². The minimum Gasteiger partial charge on any atom is -0.469 e. The molecule has 0 saturated heterocycles. The molecule has 0 atom stereocenters. The maximum Gasteiger partial charge on any atom is 0.226 e. The number of aromatic nitrogens is 2. The lowest BCUT2D eigenvalue weighted by molar-refractivity contribution is -0.116. The van der Waals surface area contributed by atoms with Crippen LogP contribution in [0.2, 0.25) is 0 Å². The van der Waals surface area contributed by atoms with Gasteiger partial charge in [-0.2, -0.15) is 5.10 Å². The summed E-state index contributed by atoms with van der Waals surface area (Å²) in [5.41, 5.74) is 5.98. The Hall–Kier alpha value is -2.24. The van der Waals surface area contributed by atoms with Crippen molar-refractivity contribution in [2.45, 2.75) is 12.8 Å². The molecule has 0 aliphatic heterocycles.